The van der Waals surface area contributed by atoms with Crippen molar-refractivity contribution in [2.75, 3.05) is 12.3 Å². The zero-order chi connectivity index (χ0) is 18.7. The Morgan fingerprint density at radius 1 is 1.50 bits per heavy atom. The normalized spacial score (nSPS) is 37.3. The molecular weight excluding hydrogens is 366 g/mol. The van der Waals surface area contributed by atoms with Crippen molar-refractivity contribution in [3.63, 3.8) is 0 Å². The van der Waals surface area contributed by atoms with E-state index in [2.05, 4.69) is 20.2 Å². The summed E-state index contributed by atoms with van der Waals surface area (Å²) in [7, 11) is -3.62. The van der Waals surface area contributed by atoms with E-state index in [1.807, 2.05) is 0 Å². The van der Waals surface area contributed by atoms with Crippen molar-refractivity contribution in [3.05, 3.63) is 18.2 Å². The fraction of sp³-hybridized carbons (Fsp3) is 0.643. The van der Waals surface area contributed by atoms with Gasteiger partial charge in [-0.1, -0.05) is 0 Å². The summed E-state index contributed by atoms with van der Waals surface area (Å²) in [4.78, 5) is 8.00. The van der Waals surface area contributed by atoms with Gasteiger partial charge in [0.2, 0.25) is 0 Å². The van der Waals surface area contributed by atoms with Crippen LogP contribution in [0.25, 0.3) is 5.65 Å². The van der Waals surface area contributed by atoms with Crippen LogP contribution in [0.5, 0.6) is 0 Å². The van der Waals surface area contributed by atoms with Gasteiger partial charge in [-0.3, -0.25) is 9.05 Å². The van der Waals surface area contributed by atoms with E-state index in [0.29, 0.717) is 11.3 Å². The van der Waals surface area contributed by atoms with Crippen LogP contribution in [0.15, 0.2) is 12.5 Å². The predicted molar refractivity (Wildman–Crippen MR) is 89.0 cm³/mol. The summed E-state index contributed by atoms with van der Waals surface area (Å²) in [5.74, 6) is 0.174. The molecule has 2 aliphatic heterocycles. The summed E-state index contributed by atoms with van der Waals surface area (Å²) >= 11 is 0. The van der Waals surface area contributed by atoms with Gasteiger partial charge in [-0.05, 0) is 20.8 Å². The van der Waals surface area contributed by atoms with Gasteiger partial charge in [0.15, 0.2) is 17.1 Å². The summed E-state index contributed by atoms with van der Waals surface area (Å²) in [6.45, 7) is 4.88. The monoisotopic (exact) mass is 386 g/mol. The molecule has 5 atom stereocenters. The van der Waals surface area contributed by atoms with E-state index in [0.717, 1.165) is 0 Å². The van der Waals surface area contributed by atoms with E-state index in [4.69, 9.17) is 19.5 Å². The van der Waals surface area contributed by atoms with Crippen LogP contribution in [0.2, 0.25) is 0 Å². The second kappa shape index (κ2) is 5.93. The molecule has 0 aromatic carbocycles. The standard InChI is InChI=1S/C14H20FN6O4P/c1-7(2)20-26(22)23-5-9-11(25-26)14(3,15)10(24-9)8-4-17-13-12(16)18-6-19-21(8)13/h4,6-7,9-11H,5H2,1-3H3,(H,20,22)(H2,16,18,19)/t9-,10?,11-,14+,26?/m1/s1. The van der Waals surface area contributed by atoms with Gasteiger partial charge >= 0.3 is 7.75 Å². The molecule has 142 valence electrons. The highest BCUT2D eigenvalue weighted by atomic mass is 31.2. The van der Waals surface area contributed by atoms with Crippen LogP contribution in [0.3, 0.4) is 0 Å². The molecule has 3 N–H and O–H groups in total. The maximum atomic E-state index is 15.7. The summed E-state index contributed by atoms with van der Waals surface area (Å²) in [5.41, 5.74) is 4.46. The number of ether oxygens (including phenoxy) is 1. The van der Waals surface area contributed by atoms with Crippen molar-refractivity contribution in [3.8, 4) is 0 Å². The first-order valence-electron chi connectivity index (χ1n) is 8.20. The maximum Gasteiger partial charge on any atom is 0.406 e. The summed E-state index contributed by atoms with van der Waals surface area (Å²) in [5, 5.41) is 6.80. The van der Waals surface area contributed by atoms with E-state index in [-0.39, 0.29) is 18.5 Å². The lowest BCUT2D eigenvalue weighted by molar-refractivity contribution is -0.0447. The number of imidazole rings is 1. The molecule has 4 rings (SSSR count). The van der Waals surface area contributed by atoms with Crippen LogP contribution in [0, 0.1) is 0 Å². The van der Waals surface area contributed by atoms with Gasteiger partial charge < -0.3 is 10.5 Å². The number of fused-ring (bicyclic) bond motifs is 2. The molecule has 0 amide bonds. The lowest BCUT2D eigenvalue weighted by Crippen LogP contribution is -2.46. The Hall–Kier alpha value is -1.65. The molecule has 2 aromatic heterocycles. The number of aromatic nitrogens is 4. The van der Waals surface area contributed by atoms with E-state index in [9.17, 15) is 4.57 Å². The first-order chi connectivity index (χ1) is 12.2. The lowest BCUT2D eigenvalue weighted by Gasteiger charge is -2.35. The summed E-state index contributed by atoms with van der Waals surface area (Å²) in [6, 6.07) is -0.153. The molecule has 10 nitrogen and oxygen atoms in total. The summed E-state index contributed by atoms with van der Waals surface area (Å²) < 4.78 is 46.5. The number of nitrogens with two attached hydrogens (primary N) is 1. The SMILES string of the molecule is CC(C)NP1(=O)OC[C@H]2OC(c3cnc4c(N)ncnn34)[C@](C)(F)[C@@H]2O1. The third-order valence-corrected chi connectivity index (χ3v) is 6.25. The van der Waals surface area contributed by atoms with E-state index < -0.39 is 31.7 Å². The average molecular weight is 386 g/mol. The van der Waals surface area contributed by atoms with Crippen molar-refractivity contribution >= 4 is 19.2 Å². The zero-order valence-corrected chi connectivity index (χ0v) is 15.4. The van der Waals surface area contributed by atoms with E-state index >= 15 is 4.39 Å². The van der Waals surface area contributed by atoms with Crippen LogP contribution >= 0.6 is 7.75 Å². The number of hydrogen-bond acceptors (Lipinski definition) is 8. The maximum absolute atomic E-state index is 15.7. The van der Waals surface area contributed by atoms with Gasteiger partial charge in [-0.15, -0.1) is 0 Å². The molecule has 0 spiro atoms. The van der Waals surface area contributed by atoms with Crippen LogP contribution in [0.4, 0.5) is 10.2 Å². The number of nitrogens with one attached hydrogen (secondary N) is 1. The Bertz CT molecular complexity index is 889. The van der Waals surface area contributed by atoms with E-state index in [1.165, 1.54) is 24.0 Å². The second-order valence-corrected chi connectivity index (χ2v) is 8.59. The molecule has 2 fully saturated rings. The number of rotatable bonds is 3. The van der Waals surface area contributed by atoms with Gasteiger partial charge in [-0.25, -0.2) is 28.5 Å². The van der Waals surface area contributed by atoms with Crippen LogP contribution < -0.4 is 10.8 Å². The molecule has 0 aliphatic carbocycles. The van der Waals surface area contributed by atoms with Crippen molar-refractivity contribution in [1.29, 1.82) is 0 Å². The number of nitrogen functional groups attached to an aromatic ring is 1. The molecule has 26 heavy (non-hydrogen) atoms. The topological polar surface area (TPSA) is 126 Å². The Balaban J connectivity index is 1.68. The molecule has 0 saturated carbocycles. The smallest absolute Gasteiger partial charge is 0.381 e. The van der Waals surface area contributed by atoms with Crippen molar-refractivity contribution in [1.82, 2.24) is 24.7 Å². The molecule has 0 bridgehead atoms. The second-order valence-electron chi connectivity index (χ2n) is 6.87. The molecular formula is C14H20FN6O4P. The van der Waals surface area contributed by atoms with Gasteiger partial charge in [-0.2, -0.15) is 5.10 Å². The van der Waals surface area contributed by atoms with Crippen molar-refractivity contribution < 1.29 is 22.7 Å². The Labute approximate surface area is 148 Å². The van der Waals surface area contributed by atoms with Crippen LogP contribution in [-0.2, 0) is 18.3 Å². The Morgan fingerprint density at radius 3 is 3.00 bits per heavy atom. The molecule has 2 saturated heterocycles. The Morgan fingerprint density at radius 2 is 2.27 bits per heavy atom. The average Bonchev–Trinajstić information content (AvgIpc) is 3.07. The number of alkyl halides is 1. The molecule has 2 aliphatic rings. The van der Waals surface area contributed by atoms with Crippen molar-refractivity contribution in [2.24, 2.45) is 0 Å². The molecule has 12 heteroatoms. The first kappa shape index (κ1) is 17.7. The van der Waals surface area contributed by atoms with Crippen LogP contribution in [-0.4, -0.2) is 50.1 Å². The van der Waals surface area contributed by atoms with Crippen molar-refractivity contribution in [2.45, 2.75) is 50.8 Å². The molecule has 2 unspecified atom stereocenters. The highest BCUT2D eigenvalue weighted by Gasteiger charge is 2.61. The fourth-order valence-corrected chi connectivity index (χ4v) is 5.13. The largest absolute Gasteiger partial charge is 0.406 e. The third-order valence-electron chi connectivity index (χ3n) is 4.42. The highest BCUT2D eigenvalue weighted by Crippen LogP contribution is 2.57. The summed E-state index contributed by atoms with van der Waals surface area (Å²) in [6.07, 6.45) is -0.131. The minimum absolute atomic E-state index is 0.0501. The minimum atomic E-state index is -3.62. The molecule has 2 aromatic rings. The van der Waals surface area contributed by atoms with Gasteiger partial charge in [0, 0.05) is 6.04 Å². The number of hydrogen-bond donors (Lipinski definition) is 2. The quantitative estimate of drug-likeness (QED) is 0.753. The zero-order valence-electron chi connectivity index (χ0n) is 14.5. The van der Waals surface area contributed by atoms with Crippen LogP contribution in [0.1, 0.15) is 32.6 Å². The van der Waals surface area contributed by atoms with E-state index in [1.54, 1.807) is 13.8 Å². The number of halogens is 1. The first-order valence-corrected chi connectivity index (χ1v) is 9.75. The third kappa shape index (κ3) is 2.71. The molecule has 4 heterocycles. The molecule has 0 radical (unpaired) electrons. The number of nitrogens with zero attached hydrogens (tertiary/aromatic N) is 4. The van der Waals surface area contributed by atoms with Gasteiger partial charge in [0.1, 0.15) is 24.6 Å². The van der Waals surface area contributed by atoms with Gasteiger partial charge in [0.25, 0.3) is 0 Å². The Kier molecular flexibility index (Phi) is 4.05. The lowest BCUT2D eigenvalue weighted by atomic mass is 9.93. The number of anilines is 1. The predicted octanol–water partition coefficient (Wildman–Crippen LogP) is 1.40. The minimum Gasteiger partial charge on any atom is -0.381 e. The fourth-order valence-electron chi connectivity index (χ4n) is 3.31. The van der Waals surface area contributed by atoms with Gasteiger partial charge in [0.05, 0.1) is 18.5 Å². The highest BCUT2D eigenvalue weighted by molar-refractivity contribution is 7.51.